The zero-order valence-corrected chi connectivity index (χ0v) is 12.4. The van der Waals surface area contributed by atoms with Gasteiger partial charge in [-0.3, -0.25) is 4.68 Å². The molecule has 3 heterocycles. The fraction of sp³-hybridized carbons (Fsp3) is 0.583. The second-order valence-electron chi connectivity index (χ2n) is 5.25. The first kappa shape index (κ1) is 13.2. The Bertz CT molecular complexity index is 583. The van der Waals surface area contributed by atoms with Gasteiger partial charge in [0.25, 0.3) is 0 Å². The SMILES string of the molecule is Cc1nn(C)c(N2CCN3C(=O)NCC3C2)c1C(N)=S. The number of carbonyl (C=O) groups excluding carboxylic acids is 1. The van der Waals surface area contributed by atoms with Crippen LogP contribution in [-0.4, -0.2) is 57.9 Å². The zero-order chi connectivity index (χ0) is 14.4. The average Bonchev–Trinajstić information content (AvgIpc) is 2.89. The summed E-state index contributed by atoms with van der Waals surface area (Å²) in [4.78, 5) is 16.1. The molecule has 2 aliphatic rings. The van der Waals surface area contributed by atoms with E-state index < -0.39 is 0 Å². The molecule has 1 atom stereocenters. The minimum Gasteiger partial charge on any atom is -0.389 e. The van der Waals surface area contributed by atoms with Crippen LogP contribution in [0.15, 0.2) is 0 Å². The monoisotopic (exact) mass is 294 g/mol. The second-order valence-corrected chi connectivity index (χ2v) is 5.69. The molecule has 1 aromatic heterocycles. The summed E-state index contributed by atoms with van der Waals surface area (Å²) in [6.45, 7) is 4.84. The molecule has 0 aromatic carbocycles. The van der Waals surface area contributed by atoms with E-state index in [-0.39, 0.29) is 12.1 Å². The number of anilines is 1. The van der Waals surface area contributed by atoms with Gasteiger partial charge < -0.3 is 20.9 Å². The Labute approximate surface area is 122 Å². The highest BCUT2D eigenvalue weighted by Gasteiger charge is 2.37. The fourth-order valence-electron chi connectivity index (χ4n) is 3.09. The van der Waals surface area contributed by atoms with Crippen molar-refractivity contribution < 1.29 is 4.79 Å². The number of amides is 2. The van der Waals surface area contributed by atoms with Crippen molar-refractivity contribution in [3.63, 3.8) is 0 Å². The van der Waals surface area contributed by atoms with Gasteiger partial charge in [-0.2, -0.15) is 5.10 Å². The summed E-state index contributed by atoms with van der Waals surface area (Å²) < 4.78 is 1.82. The molecule has 0 saturated carbocycles. The van der Waals surface area contributed by atoms with Crippen molar-refractivity contribution in [3.05, 3.63) is 11.3 Å². The van der Waals surface area contributed by atoms with Crippen LogP contribution < -0.4 is 16.0 Å². The van der Waals surface area contributed by atoms with Gasteiger partial charge in [-0.25, -0.2) is 4.79 Å². The number of hydrogen-bond acceptors (Lipinski definition) is 4. The Hall–Kier alpha value is -1.83. The number of aryl methyl sites for hydroxylation is 2. The van der Waals surface area contributed by atoms with Gasteiger partial charge in [-0.1, -0.05) is 12.2 Å². The molecule has 1 unspecified atom stereocenters. The highest BCUT2D eigenvalue weighted by atomic mass is 32.1. The van der Waals surface area contributed by atoms with E-state index in [2.05, 4.69) is 15.3 Å². The van der Waals surface area contributed by atoms with Gasteiger partial charge in [0.15, 0.2) is 0 Å². The van der Waals surface area contributed by atoms with E-state index in [1.165, 1.54) is 0 Å². The topological polar surface area (TPSA) is 79.4 Å². The number of nitrogens with one attached hydrogen (secondary N) is 1. The lowest BCUT2D eigenvalue weighted by Gasteiger charge is -2.37. The summed E-state index contributed by atoms with van der Waals surface area (Å²) in [5.74, 6) is 0.953. The summed E-state index contributed by atoms with van der Waals surface area (Å²) >= 11 is 5.15. The van der Waals surface area contributed by atoms with Crippen LogP contribution in [0.25, 0.3) is 0 Å². The number of carbonyl (C=O) groups is 1. The Kier molecular flexibility index (Phi) is 3.04. The van der Waals surface area contributed by atoms with Crippen LogP contribution >= 0.6 is 12.2 Å². The van der Waals surface area contributed by atoms with Crippen LogP contribution in [0.1, 0.15) is 11.3 Å². The van der Waals surface area contributed by atoms with Gasteiger partial charge in [-0.05, 0) is 6.92 Å². The number of hydrogen-bond donors (Lipinski definition) is 2. The molecule has 0 aliphatic carbocycles. The van der Waals surface area contributed by atoms with Gasteiger partial charge in [-0.15, -0.1) is 0 Å². The van der Waals surface area contributed by atoms with E-state index in [0.29, 0.717) is 18.1 Å². The standard InChI is InChI=1S/C12H18N6OS/c1-7-9(10(13)20)11(16(2)15-7)17-3-4-18-8(6-17)5-14-12(18)19/h8H,3-6H2,1-2H3,(H2,13,20)(H,14,19). The lowest BCUT2D eigenvalue weighted by Crippen LogP contribution is -2.53. The molecule has 0 bridgehead atoms. The summed E-state index contributed by atoms with van der Waals surface area (Å²) in [5.41, 5.74) is 7.53. The first-order chi connectivity index (χ1) is 9.49. The molecule has 8 heteroatoms. The molecule has 20 heavy (non-hydrogen) atoms. The Morgan fingerprint density at radius 1 is 1.50 bits per heavy atom. The van der Waals surface area contributed by atoms with Crippen LogP contribution in [0.4, 0.5) is 10.6 Å². The maximum atomic E-state index is 11.6. The van der Waals surface area contributed by atoms with Crippen LogP contribution in [0.5, 0.6) is 0 Å². The molecule has 1 aromatic rings. The number of fused-ring (bicyclic) bond motifs is 1. The molecular formula is C12H18N6OS. The van der Waals surface area contributed by atoms with E-state index in [1.54, 1.807) is 0 Å². The molecule has 108 valence electrons. The van der Waals surface area contributed by atoms with Crippen molar-refractivity contribution in [2.75, 3.05) is 31.1 Å². The van der Waals surface area contributed by atoms with Crippen molar-refractivity contribution in [2.45, 2.75) is 13.0 Å². The van der Waals surface area contributed by atoms with E-state index in [4.69, 9.17) is 18.0 Å². The minimum absolute atomic E-state index is 0.0328. The lowest BCUT2D eigenvalue weighted by molar-refractivity contribution is 0.197. The molecule has 2 aliphatic heterocycles. The van der Waals surface area contributed by atoms with Crippen molar-refractivity contribution >= 4 is 29.1 Å². The first-order valence-corrected chi connectivity index (χ1v) is 7.02. The molecule has 2 saturated heterocycles. The van der Waals surface area contributed by atoms with Crippen LogP contribution in [-0.2, 0) is 7.05 Å². The number of urea groups is 1. The second kappa shape index (κ2) is 4.62. The van der Waals surface area contributed by atoms with E-state index in [1.807, 2.05) is 23.6 Å². The van der Waals surface area contributed by atoms with Crippen molar-refractivity contribution in [3.8, 4) is 0 Å². The summed E-state index contributed by atoms with van der Waals surface area (Å²) in [6.07, 6.45) is 0. The summed E-state index contributed by atoms with van der Waals surface area (Å²) in [6, 6.07) is 0.232. The fourth-order valence-corrected chi connectivity index (χ4v) is 3.33. The smallest absolute Gasteiger partial charge is 0.317 e. The molecule has 7 nitrogen and oxygen atoms in total. The Balaban J connectivity index is 1.91. The molecule has 2 fully saturated rings. The highest BCUT2D eigenvalue weighted by molar-refractivity contribution is 7.80. The molecule has 0 radical (unpaired) electrons. The third-order valence-corrected chi connectivity index (χ3v) is 4.17. The normalized spacial score (nSPS) is 21.9. The predicted molar refractivity (Wildman–Crippen MR) is 79.9 cm³/mol. The van der Waals surface area contributed by atoms with Crippen LogP contribution in [0.2, 0.25) is 0 Å². The van der Waals surface area contributed by atoms with Gasteiger partial charge in [0.05, 0.1) is 17.3 Å². The Morgan fingerprint density at radius 3 is 2.95 bits per heavy atom. The maximum Gasteiger partial charge on any atom is 0.317 e. The Morgan fingerprint density at radius 2 is 2.25 bits per heavy atom. The van der Waals surface area contributed by atoms with Crippen molar-refractivity contribution in [2.24, 2.45) is 12.8 Å². The molecule has 3 N–H and O–H groups in total. The van der Waals surface area contributed by atoms with Gasteiger partial charge in [0.2, 0.25) is 0 Å². The zero-order valence-electron chi connectivity index (χ0n) is 11.6. The van der Waals surface area contributed by atoms with Crippen molar-refractivity contribution in [1.29, 1.82) is 0 Å². The quantitative estimate of drug-likeness (QED) is 0.724. The van der Waals surface area contributed by atoms with Crippen molar-refractivity contribution in [1.82, 2.24) is 20.0 Å². The number of rotatable bonds is 2. The van der Waals surface area contributed by atoms with Crippen LogP contribution in [0.3, 0.4) is 0 Å². The first-order valence-electron chi connectivity index (χ1n) is 6.62. The average molecular weight is 294 g/mol. The van der Waals surface area contributed by atoms with E-state index >= 15 is 0 Å². The summed E-state index contributed by atoms with van der Waals surface area (Å²) in [7, 11) is 1.90. The number of aromatic nitrogens is 2. The molecule has 3 rings (SSSR count). The van der Waals surface area contributed by atoms with Crippen LogP contribution in [0, 0.1) is 6.92 Å². The maximum absolute atomic E-state index is 11.6. The number of nitrogens with two attached hydrogens (primary N) is 1. The van der Waals surface area contributed by atoms with E-state index in [0.717, 1.165) is 30.2 Å². The van der Waals surface area contributed by atoms with Gasteiger partial charge in [0, 0.05) is 33.2 Å². The molecule has 0 spiro atoms. The number of nitrogens with zero attached hydrogens (tertiary/aromatic N) is 4. The van der Waals surface area contributed by atoms with Gasteiger partial charge >= 0.3 is 6.03 Å². The number of piperazine rings is 1. The largest absolute Gasteiger partial charge is 0.389 e. The third kappa shape index (κ3) is 1.91. The molecular weight excluding hydrogens is 276 g/mol. The minimum atomic E-state index is 0.0328. The number of thiocarbonyl (C=S) groups is 1. The predicted octanol–water partition coefficient (Wildman–Crippen LogP) is -0.423. The van der Waals surface area contributed by atoms with E-state index in [9.17, 15) is 4.79 Å². The third-order valence-electron chi connectivity index (χ3n) is 3.97. The van der Waals surface area contributed by atoms with Gasteiger partial charge in [0.1, 0.15) is 10.8 Å². The highest BCUT2D eigenvalue weighted by Crippen LogP contribution is 2.26. The molecule has 2 amide bonds. The summed E-state index contributed by atoms with van der Waals surface area (Å²) in [5, 5.41) is 7.30. The lowest BCUT2D eigenvalue weighted by atomic mass is 10.1.